The maximum Gasteiger partial charge on any atom is 0.251 e. The number of aromatic amines is 1. The van der Waals surface area contributed by atoms with Crippen LogP contribution in [0.1, 0.15) is 37.9 Å². The van der Waals surface area contributed by atoms with Crippen molar-refractivity contribution in [1.29, 1.82) is 0 Å². The molecular weight excluding hydrogens is 230 g/mol. The molecule has 1 aliphatic heterocycles. The first-order chi connectivity index (χ1) is 8.72. The summed E-state index contributed by atoms with van der Waals surface area (Å²) >= 11 is 0. The minimum absolute atomic E-state index is 0.0827. The van der Waals surface area contributed by atoms with Crippen LogP contribution < -0.4 is 5.56 Å². The van der Waals surface area contributed by atoms with Crippen molar-refractivity contribution in [3.8, 4) is 0 Å². The molecule has 0 aliphatic carbocycles. The lowest BCUT2D eigenvalue weighted by atomic mass is 10.2. The van der Waals surface area contributed by atoms with Gasteiger partial charge in [0.2, 0.25) is 0 Å². The van der Waals surface area contributed by atoms with Crippen LogP contribution in [0, 0.1) is 0 Å². The first-order valence-electron chi connectivity index (χ1n) is 6.67. The van der Waals surface area contributed by atoms with Crippen molar-refractivity contribution in [2.45, 2.75) is 32.8 Å². The molecule has 0 aromatic carbocycles. The second-order valence-electron chi connectivity index (χ2n) is 4.62. The van der Waals surface area contributed by atoms with Crippen LogP contribution in [0.2, 0.25) is 0 Å². The third-order valence-electron chi connectivity index (χ3n) is 3.22. The highest BCUT2D eigenvalue weighted by Gasteiger charge is 2.23. The van der Waals surface area contributed by atoms with Crippen LogP contribution in [0.25, 0.3) is 0 Å². The van der Waals surface area contributed by atoms with Gasteiger partial charge in [-0.2, -0.15) is 0 Å². The Hall–Kier alpha value is -1.20. The largest absolute Gasteiger partial charge is 0.368 e. The predicted octanol–water partition coefficient (Wildman–Crippen LogP) is 1.12. The summed E-state index contributed by atoms with van der Waals surface area (Å²) in [6.07, 6.45) is 1.71. The quantitative estimate of drug-likeness (QED) is 0.871. The Labute approximate surface area is 107 Å². The van der Waals surface area contributed by atoms with Crippen molar-refractivity contribution < 1.29 is 4.74 Å². The van der Waals surface area contributed by atoms with E-state index in [1.807, 2.05) is 0 Å². The lowest BCUT2D eigenvalue weighted by Gasteiger charge is -2.31. The Morgan fingerprint density at radius 2 is 2.39 bits per heavy atom. The molecule has 1 aliphatic rings. The standard InChI is InChI=1S/C13H21N3O2/c1-3-5-10-8-12(17)15-13(14-10)11-9-16(4-2)6-7-18-11/h8,11H,3-7,9H2,1-2H3,(H,14,15,17). The van der Waals surface area contributed by atoms with E-state index in [1.165, 1.54) is 0 Å². The zero-order valence-electron chi connectivity index (χ0n) is 11.1. The van der Waals surface area contributed by atoms with Crippen molar-refractivity contribution in [2.75, 3.05) is 26.2 Å². The van der Waals surface area contributed by atoms with Gasteiger partial charge in [0.1, 0.15) is 11.9 Å². The molecule has 0 radical (unpaired) electrons. The Kier molecular flexibility index (Phi) is 4.49. The molecule has 2 heterocycles. The fraction of sp³-hybridized carbons (Fsp3) is 0.692. The Morgan fingerprint density at radius 3 is 3.11 bits per heavy atom. The molecule has 5 heteroatoms. The first kappa shape index (κ1) is 13.2. The summed E-state index contributed by atoms with van der Waals surface area (Å²) in [4.78, 5) is 21.2. The summed E-state index contributed by atoms with van der Waals surface area (Å²) < 4.78 is 5.71. The van der Waals surface area contributed by atoms with Gasteiger partial charge in [0, 0.05) is 24.8 Å². The van der Waals surface area contributed by atoms with Gasteiger partial charge in [-0.25, -0.2) is 4.98 Å². The lowest BCUT2D eigenvalue weighted by Crippen LogP contribution is -2.39. The molecule has 18 heavy (non-hydrogen) atoms. The van der Waals surface area contributed by atoms with Gasteiger partial charge in [0.25, 0.3) is 5.56 Å². The second-order valence-corrected chi connectivity index (χ2v) is 4.62. The van der Waals surface area contributed by atoms with Gasteiger partial charge < -0.3 is 9.72 Å². The highest BCUT2D eigenvalue weighted by Crippen LogP contribution is 2.18. The minimum Gasteiger partial charge on any atom is -0.368 e. The molecule has 5 nitrogen and oxygen atoms in total. The molecule has 0 bridgehead atoms. The summed E-state index contributed by atoms with van der Waals surface area (Å²) in [5, 5.41) is 0. The molecule has 2 rings (SSSR count). The number of hydrogen-bond donors (Lipinski definition) is 1. The van der Waals surface area contributed by atoms with Crippen molar-refractivity contribution in [2.24, 2.45) is 0 Å². The summed E-state index contributed by atoms with van der Waals surface area (Å²) in [6.45, 7) is 7.66. The van der Waals surface area contributed by atoms with E-state index >= 15 is 0 Å². The number of hydrogen-bond acceptors (Lipinski definition) is 4. The van der Waals surface area contributed by atoms with Crippen molar-refractivity contribution in [1.82, 2.24) is 14.9 Å². The molecule has 1 saturated heterocycles. The zero-order valence-corrected chi connectivity index (χ0v) is 11.1. The van der Waals surface area contributed by atoms with E-state index in [1.54, 1.807) is 6.07 Å². The maximum atomic E-state index is 11.6. The molecule has 1 N–H and O–H groups in total. The minimum atomic E-state index is -0.108. The normalized spacial score (nSPS) is 21.1. The van der Waals surface area contributed by atoms with E-state index < -0.39 is 0 Å². The lowest BCUT2D eigenvalue weighted by molar-refractivity contribution is -0.0327. The maximum absolute atomic E-state index is 11.6. The number of morpholine rings is 1. The molecule has 1 atom stereocenters. The first-order valence-corrected chi connectivity index (χ1v) is 6.67. The van der Waals surface area contributed by atoms with Crippen molar-refractivity contribution >= 4 is 0 Å². The number of likely N-dealkylation sites (N-methyl/N-ethyl adjacent to an activating group) is 1. The van der Waals surface area contributed by atoms with Gasteiger partial charge in [-0.3, -0.25) is 9.69 Å². The third-order valence-corrected chi connectivity index (χ3v) is 3.22. The number of nitrogens with one attached hydrogen (secondary N) is 1. The molecule has 0 spiro atoms. The van der Waals surface area contributed by atoms with Crippen LogP contribution in [0.3, 0.4) is 0 Å². The Bertz CT molecular complexity index is 444. The van der Waals surface area contributed by atoms with Gasteiger partial charge >= 0.3 is 0 Å². The van der Waals surface area contributed by atoms with E-state index in [0.29, 0.717) is 12.4 Å². The third kappa shape index (κ3) is 3.17. The van der Waals surface area contributed by atoms with E-state index in [2.05, 4.69) is 28.7 Å². The number of rotatable bonds is 4. The van der Waals surface area contributed by atoms with Gasteiger partial charge in [-0.1, -0.05) is 20.3 Å². The number of aryl methyl sites for hydroxylation is 1. The van der Waals surface area contributed by atoms with Gasteiger partial charge in [-0.15, -0.1) is 0 Å². The zero-order chi connectivity index (χ0) is 13.0. The highest BCUT2D eigenvalue weighted by molar-refractivity contribution is 5.05. The van der Waals surface area contributed by atoms with Gasteiger partial charge in [0.15, 0.2) is 0 Å². The van der Waals surface area contributed by atoms with E-state index in [0.717, 1.165) is 38.2 Å². The molecule has 1 fully saturated rings. The van der Waals surface area contributed by atoms with Gasteiger partial charge in [0.05, 0.1) is 6.61 Å². The van der Waals surface area contributed by atoms with Gasteiger partial charge in [-0.05, 0) is 13.0 Å². The average molecular weight is 251 g/mol. The Balaban J connectivity index is 2.18. The van der Waals surface area contributed by atoms with Crippen molar-refractivity contribution in [3.63, 3.8) is 0 Å². The van der Waals surface area contributed by atoms with E-state index in [-0.39, 0.29) is 11.7 Å². The highest BCUT2D eigenvalue weighted by atomic mass is 16.5. The molecular formula is C13H21N3O2. The van der Waals surface area contributed by atoms with Crippen LogP contribution in [-0.4, -0.2) is 41.1 Å². The van der Waals surface area contributed by atoms with Crippen molar-refractivity contribution in [3.05, 3.63) is 27.9 Å². The monoisotopic (exact) mass is 251 g/mol. The SMILES string of the molecule is CCCc1cc(=O)[nH]c(C2CN(CC)CCO2)n1. The number of nitrogens with zero attached hydrogens (tertiary/aromatic N) is 2. The number of H-pyrrole nitrogens is 1. The summed E-state index contributed by atoms with van der Waals surface area (Å²) in [5.74, 6) is 0.670. The summed E-state index contributed by atoms with van der Waals surface area (Å²) in [6, 6.07) is 1.58. The summed E-state index contributed by atoms with van der Waals surface area (Å²) in [5.41, 5.74) is 0.772. The summed E-state index contributed by atoms with van der Waals surface area (Å²) in [7, 11) is 0. The van der Waals surface area contributed by atoms with E-state index in [4.69, 9.17) is 4.74 Å². The molecule has 100 valence electrons. The number of ether oxygens (including phenoxy) is 1. The fourth-order valence-electron chi connectivity index (χ4n) is 2.22. The van der Waals surface area contributed by atoms with E-state index in [9.17, 15) is 4.79 Å². The van der Waals surface area contributed by atoms with Crippen LogP contribution in [0.15, 0.2) is 10.9 Å². The molecule has 1 aromatic rings. The fourth-order valence-corrected chi connectivity index (χ4v) is 2.22. The second kappa shape index (κ2) is 6.11. The smallest absolute Gasteiger partial charge is 0.251 e. The molecule has 0 saturated carbocycles. The topological polar surface area (TPSA) is 58.2 Å². The van der Waals surface area contributed by atoms with Crippen LogP contribution in [-0.2, 0) is 11.2 Å². The van der Waals surface area contributed by atoms with Crippen LogP contribution in [0.4, 0.5) is 0 Å². The molecule has 1 aromatic heterocycles. The molecule has 0 amide bonds. The average Bonchev–Trinajstić information content (AvgIpc) is 2.38. The molecule has 1 unspecified atom stereocenters. The van der Waals surface area contributed by atoms with Crippen LogP contribution >= 0.6 is 0 Å². The van der Waals surface area contributed by atoms with Crippen LogP contribution in [0.5, 0.6) is 0 Å². The number of aromatic nitrogens is 2. The predicted molar refractivity (Wildman–Crippen MR) is 69.7 cm³/mol. The Morgan fingerprint density at radius 1 is 1.56 bits per heavy atom.